The number of aromatic nitrogens is 2. The van der Waals surface area contributed by atoms with Gasteiger partial charge in [0, 0.05) is 18.3 Å². The molecule has 4 rings (SSSR count). The van der Waals surface area contributed by atoms with Crippen LogP contribution >= 0.6 is 0 Å². The second-order valence-electron chi connectivity index (χ2n) is 6.48. The molecule has 1 saturated heterocycles. The monoisotopic (exact) mass is 260 g/mol. The highest BCUT2D eigenvalue weighted by Crippen LogP contribution is 2.46. The van der Waals surface area contributed by atoms with Crippen molar-refractivity contribution in [2.45, 2.75) is 50.2 Å². The van der Waals surface area contributed by atoms with Crippen LogP contribution in [-0.2, 0) is 0 Å². The molecule has 2 atom stereocenters. The molecule has 2 unspecified atom stereocenters. The van der Waals surface area contributed by atoms with E-state index >= 15 is 0 Å². The second kappa shape index (κ2) is 4.60. The van der Waals surface area contributed by atoms with Gasteiger partial charge in [0.1, 0.15) is 0 Å². The minimum absolute atomic E-state index is 0.600. The Labute approximate surface area is 115 Å². The van der Waals surface area contributed by atoms with Crippen molar-refractivity contribution in [3.63, 3.8) is 0 Å². The maximum Gasteiger partial charge on any atom is 0.0951 e. The molecule has 0 bridgehead atoms. The molecule has 1 aliphatic heterocycles. The van der Waals surface area contributed by atoms with Crippen LogP contribution in [-0.4, -0.2) is 40.6 Å². The van der Waals surface area contributed by atoms with Gasteiger partial charge in [-0.2, -0.15) is 0 Å². The van der Waals surface area contributed by atoms with Crippen molar-refractivity contribution in [1.29, 1.82) is 0 Å². The van der Waals surface area contributed by atoms with Crippen LogP contribution in [0.2, 0.25) is 0 Å². The van der Waals surface area contributed by atoms with Crippen molar-refractivity contribution in [1.82, 2.24) is 19.8 Å². The fourth-order valence-corrected chi connectivity index (χ4v) is 3.79. The fraction of sp³-hybridized carbons (Fsp3) is 0.800. The quantitative estimate of drug-likeness (QED) is 0.878. The van der Waals surface area contributed by atoms with Gasteiger partial charge in [-0.25, -0.2) is 4.98 Å². The molecule has 0 aromatic carbocycles. The average molecular weight is 260 g/mol. The minimum atomic E-state index is 0.600. The fourth-order valence-electron chi connectivity index (χ4n) is 3.79. The summed E-state index contributed by atoms with van der Waals surface area (Å²) in [5.41, 5.74) is 1.48. The largest absolute Gasteiger partial charge is 0.330 e. The Morgan fingerprint density at radius 2 is 2.00 bits per heavy atom. The predicted octanol–water partition coefficient (Wildman–Crippen LogP) is 1.96. The van der Waals surface area contributed by atoms with Gasteiger partial charge in [-0.05, 0) is 58.2 Å². The minimum Gasteiger partial charge on any atom is -0.330 e. The first-order chi connectivity index (χ1) is 9.38. The summed E-state index contributed by atoms with van der Waals surface area (Å²) in [6, 6.07) is 2.20. The molecule has 1 N–H and O–H groups in total. The molecular weight excluding hydrogens is 236 g/mol. The predicted molar refractivity (Wildman–Crippen MR) is 75.0 cm³/mol. The SMILES string of the molecule is CNCC1CCN(C2CC2)C1c1cncn1C1CC1. The number of nitrogens with zero attached hydrogens (tertiary/aromatic N) is 3. The summed E-state index contributed by atoms with van der Waals surface area (Å²) >= 11 is 0. The first kappa shape index (κ1) is 11.9. The van der Waals surface area contributed by atoms with Crippen LogP contribution < -0.4 is 5.32 Å². The zero-order chi connectivity index (χ0) is 12.8. The number of hydrogen-bond donors (Lipinski definition) is 1. The normalized spacial score (nSPS) is 32.1. The number of imidazole rings is 1. The molecule has 3 aliphatic rings. The highest BCUT2D eigenvalue weighted by Gasteiger charge is 2.44. The number of hydrogen-bond acceptors (Lipinski definition) is 3. The molecular formula is C15H24N4. The van der Waals surface area contributed by atoms with Gasteiger partial charge < -0.3 is 9.88 Å². The maximum atomic E-state index is 4.45. The molecule has 0 radical (unpaired) electrons. The molecule has 1 aromatic heterocycles. The van der Waals surface area contributed by atoms with Gasteiger partial charge in [0.15, 0.2) is 0 Å². The first-order valence-electron chi connectivity index (χ1n) is 7.80. The molecule has 0 amide bonds. The van der Waals surface area contributed by atoms with E-state index in [0.29, 0.717) is 6.04 Å². The van der Waals surface area contributed by atoms with Gasteiger partial charge >= 0.3 is 0 Å². The maximum absolute atomic E-state index is 4.45. The highest BCUT2D eigenvalue weighted by atomic mass is 15.3. The van der Waals surface area contributed by atoms with Crippen molar-refractivity contribution in [3.8, 4) is 0 Å². The van der Waals surface area contributed by atoms with E-state index in [4.69, 9.17) is 0 Å². The summed E-state index contributed by atoms with van der Waals surface area (Å²) in [5.74, 6) is 0.750. The van der Waals surface area contributed by atoms with E-state index in [0.717, 1.165) is 24.5 Å². The summed E-state index contributed by atoms with van der Waals surface area (Å²) in [5, 5.41) is 3.39. The summed E-state index contributed by atoms with van der Waals surface area (Å²) < 4.78 is 2.47. The van der Waals surface area contributed by atoms with Gasteiger partial charge in [-0.3, -0.25) is 4.90 Å². The van der Waals surface area contributed by atoms with Gasteiger partial charge in [0.2, 0.25) is 0 Å². The molecule has 1 aromatic rings. The van der Waals surface area contributed by atoms with Crippen LogP contribution in [0.1, 0.15) is 49.9 Å². The third-order valence-electron chi connectivity index (χ3n) is 4.98. The molecule has 2 aliphatic carbocycles. The van der Waals surface area contributed by atoms with Gasteiger partial charge in [-0.1, -0.05) is 0 Å². The molecule has 4 heteroatoms. The van der Waals surface area contributed by atoms with Gasteiger partial charge in [-0.15, -0.1) is 0 Å². The molecule has 19 heavy (non-hydrogen) atoms. The molecule has 3 fully saturated rings. The van der Waals surface area contributed by atoms with Crippen molar-refractivity contribution in [2.75, 3.05) is 20.1 Å². The van der Waals surface area contributed by atoms with Crippen LogP contribution in [0, 0.1) is 5.92 Å². The van der Waals surface area contributed by atoms with Crippen molar-refractivity contribution in [3.05, 3.63) is 18.2 Å². The summed E-state index contributed by atoms with van der Waals surface area (Å²) in [7, 11) is 2.08. The lowest BCUT2D eigenvalue weighted by atomic mass is 9.97. The smallest absolute Gasteiger partial charge is 0.0951 e. The zero-order valence-electron chi connectivity index (χ0n) is 11.8. The Balaban J connectivity index is 1.64. The van der Waals surface area contributed by atoms with Crippen molar-refractivity contribution >= 4 is 0 Å². The molecule has 0 spiro atoms. The third-order valence-corrected chi connectivity index (χ3v) is 4.98. The zero-order valence-corrected chi connectivity index (χ0v) is 11.8. The topological polar surface area (TPSA) is 33.1 Å². The van der Waals surface area contributed by atoms with E-state index in [1.165, 1.54) is 44.3 Å². The standard InChI is InChI=1S/C15H24N4/c1-16-8-11-6-7-18(12-2-3-12)15(11)14-9-17-10-19(14)13-4-5-13/h9-13,15-16H,2-8H2,1H3. The second-order valence-corrected chi connectivity index (χ2v) is 6.48. The lowest BCUT2D eigenvalue weighted by molar-refractivity contribution is 0.208. The van der Waals surface area contributed by atoms with Crippen LogP contribution in [0.25, 0.3) is 0 Å². The Morgan fingerprint density at radius 1 is 1.21 bits per heavy atom. The number of likely N-dealkylation sites (tertiary alicyclic amines) is 1. The third kappa shape index (κ3) is 2.11. The van der Waals surface area contributed by atoms with Crippen LogP contribution in [0.4, 0.5) is 0 Å². The van der Waals surface area contributed by atoms with Crippen LogP contribution in [0.15, 0.2) is 12.5 Å². The molecule has 2 heterocycles. The average Bonchev–Trinajstić information content (AvgIpc) is 3.34. The van der Waals surface area contributed by atoms with E-state index in [1.807, 2.05) is 0 Å². The first-order valence-corrected chi connectivity index (χ1v) is 7.80. The molecule has 104 valence electrons. The van der Waals surface area contributed by atoms with Crippen molar-refractivity contribution in [2.24, 2.45) is 5.92 Å². The van der Waals surface area contributed by atoms with E-state index in [9.17, 15) is 0 Å². The van der Waals surface area contributed by atoms with Gasteiger partial charge in [0.05, 0.1) is 18.1 Å². The van der Waals surface area contributed by atoms with E-state index < -0.39 is 0 Å². The Hall–Kier alpha value is -0.870. The Kier molecular flexibility index (Phi) is 2.88. The summed E-state index contributed by atoms with van der Waals surface area (Å²) in [6.07, 6.45) is 11.0. The van der Waals surface area contributed by atoms with E-state index in [1.54, 1.807) is 0 Å². The van der Waals surface area contributed by atoms with Crippen LogP contribution in [0.5, 0.6) is 0 Å². The summed E-state index contributed by atoms with van der Waals surface area (Å²) in [4.78, 5) is 7.21. The van der Waals surface area contributed by atoms with E-state index in [2.05, 4.69) is 39.3 Å². The Bertz CT molecular complexity index is 447. The van der Waals surface area contributed by atoms with Gasteiger partial charge in [0.25, 0.3) is 0 Å². The lowest BCUT2D eigenvalue weighted by Crippen LogP contribution is -2.32. The number of rotatable bonds is 5. The molecule has 4 nitrogen and oxygen atoms in total. The highest BCUT2D eigenvalue weighted by molar-refractivity contribution is 5.15. The van der Waals surface area contributed by atoms with Crippen molar-refractivity contribution < 1.29 is 0 Å². The lowest BCUT2D eigenvalue weighted by Gasteiger charge is -2.29. The molecule has 2 saturated carbocycles. The summed E-state index contributed by atoms with van der Waals surface area (Å²) in [6.45, 7) is 2.40. The number of nitrogens with one attached hydrogen (secondary N) is 1. The Morgan fingerprint density at radius 3 is 2.68 bits per heavy atom. The van der Waals surface area contributed by atoms with E-state index in [-0.39, 0.29) is 0 Å². The van der Waals surface area contributed by atoms with Crippen LogP contribution in [0.3, 0.4) is 0 Å².